The van der Waals surface area contributed by atoms with Crippen molar-refractivity contribution in [2.75, 3.05) is 13.1 Å². The summed E-state index contributed by atoms with van der Waals surface area (Å²) in [7, 11) is 0. The first-order chi connectivity index (χ1) is 12.0. The summed E-state index contributed by atoms with van der Waals surface area (Å²) in [5, 5.41) is 15.0. The lowest BCUT2D eigenvalue weighted by Crippen LogP contribution is -2.45. The van der Waals surface area contributed by atoms with Crippen LogP contribution in [-0.2, 0) is 0 Å². The van der Waals surface area contributed by atoms with Gasteiger partial charge in [0.05, 0.1) is 10.6 Å². The molecule has 0 aliphatic carbocycles. The molecule has 2 atom stereocenters. The number of hydrogen-bond acceptors (Lipinski definition) is 5. The topological polar surface area (TPSA) is 107 Å². The molecule has 0 radical (unpaired) electrons. The Bertz CT molecular complexity index is 769. The molecule has 2 aromatic rings. The van der Waals surface area contributed by atoms with Gasteiger partial charge in [-0.15, -0.1) is 0 Å². The van der Waals surface area contributed by atoms with E-state index in [0.29, 0.717) is 30.4 Å². The number of aromatic nitrogens is 2. The van der Waals surface area contributed by atoms with E-state index in [1.807, 2.05) is 6.92 Å². The number of rotatable bonds is 4. The number of nitro groups is 1. The number of carbonyl (C=O) groups excluding carboxylic acids is 1. The van der Waals surface area contributed by atoms with Gasteiger partial charge in [-0.05, 0) is 43.9 Å². The van der Waals surface area contributed by atoms with E-state index in [0.717, 1.165) is 12.8 Å². The van der Waals surface area contributed by atoms with Gasteiger partial charge in [-0.3, -0.25) is 14.9 Å². The lowest BCUT2D eigenvalue weighted by Gasteiger charge is -2.34. The fraction of sp³-hybridized carbons (Fsp3) is 0.412. The lowest BCUT2D eigenvalue weighted by molar-refractivity contribution is -0.384. The largest absolute Gasteiger partial charge is 0.337 e. The van der Waals surface area contributed by atoms with Crippen molar-refractivity contribution in [2.45, 2.75) is 25.8 Å². The van der Waals surface area contributed by atoms with Gasteiger partial charge in [0.15, 0.2) is 5.69 Å². The molecule has 25 heavy (non-hydrogen) atoms. The molecule has 1 aromatic heterocycles. The second-order valence-electron chi connectivity index (χ2n) is 6.43. The van der Waals surface area contributed by atoms with Crippen LogP contribution in [0.25, 0.3) is 5.69 Å². The van der Waals surface area contributed by atoms with Gasteiger partial charge < -0.3 is 10.6 Å². The van der Waals surface area contributed by atoms with Crippen LogP contribution in [0.3, 0.4) is 0 Å². The predicted molar refractivity (Wildman–Crippen MR) is 92.5 cm³/mol. The van der Waals surface area contributed by atoms with Crippen LogP contribution in [-0.4, -0.2) is 44.6 Å². The average molecular weight is 343 g/mol. The van der Waals surface area contributed by atoms with Crippen LogP contribution in [0, 0.1) is 16.0 Å². The fourth-order valence-electron chi connectivity index (χ4n) is 3.09. The Morgan fingerprint density at radius 1 is 1.36 bits per heavy atom. The molecule has 2 unspecified atom stereocenters. The van der Waals surface area contributed by atoms with Gasteiger partial charge >= 0.3 is 0 Å². The Kier molecular flexibility index (Phi) is 4.80. The Balaban J connectivity index is 1.74. The molecule has 132 valence electrons. The average Bonchev–Trinajstić information content (AvgIpc) is 3.11. The van der Waals surface area contributed by atoms with E-state index in [9.17, 15) is 14.9 Å². The molecule has 1 aliphatic heterocycles. The van der Waals surface area contributed by atoms with Gasteiger partial charge in [-0.25, -0.2) is 4.68 Å². The SMILES string of the molecule is CC(N)C1CCCN(C(=O)c2ccn(-c3ccc([N+](=O)[O-])cc3)n2)C1. The monoisotopic (exact) mass is 343 g/mol. The minimum atomic E-state index is -0.451. The summed E-state index contributed by atoms with van der Waals surface area (Å²) < 4.78 is 1.55. The zero-order valence-electron chi connectivity index (χ0n) is 14.0. The van der Waals surface area contributed by atoms with Crippen LogP contribution in [0.2, 0.25) is 0 Å². The van der Waals surface area contributed by atoms with Crippen LogP contribution in [0.5, 0.6) is 0 Å². The van der Waals surface area contributed by atoms with Crippen LogP contribution in [0.4, 0.5) is 5.69 Å². The van der Waals surface area contributed by atoms with Gasteiger partial charge in [-0.1, -0.05) is 0 Å². The third-order valence-electron chi connectivity index (χ3n) is 4.62. The summed E-state index contributed by atoms with van der Waals surface area (Å²) in [6, 6.07) is 7.76. The number of nitrogens with two attached hydrogens (primary N) is 1. The maximum Gasteiger partial charge on any atom is 0.274 e. The number of nitro benzene ring substituents is 1. The zero-order chi connectivity index (χ0) is 18.0. The summed E-state index contributed by atoms with van der Waals surface area (Å²) in [5.41, 5.74) is 7.02. The summed E-state index contributed by atoms with van der Waals surface area (Å²) in [4.78, 5) is 24.7. The molecule has 1 aliphatic rings. The van der Waals surface area contributed by atoms with Crippen molar-refractivity contribution in [1.29, 1.82) is 0 Å². The zero-order valence-corrected chi connectivity index (χ0v) is 14.0. The molecule has 0 spiro atoms. The van der Waals surface area contributed by atoms with E-state index >= 15 is 0 Å². The van der Waals surface area contributed by atoms with Crippen molar-refractivity contribution in [3.63, 3.8) is 0 Å². The molecule has 1 aromatic carbocycles. The quantitative estimate of drug-likeness (QED) is 0.674. The van der Waals surface area contributed by atoms with E-state index < -0.39 is 4.92 Å². The first-order valence-electron chi connectivity index (χ1n) is 8.31. The number of likely N-dealkylation sites (tertiary alicyclic amines) is 1. The first kappa shape index (κ1) is 17.1. The van der Waals surface area contributed by atoms with Crippen LogP contribution in [0.15, 0.2) is 36.5 Å². The molecule has 1 fully saturated rings. The molecular formula is C17H21N5O3. The molecule has 1 saturated heterocycles. The Labute approximate surface area is 145 Å². The van der Waals surface area contributed by atoms with Crippen molar-refractivity contribution >= 4 is 11.6 Å². The smallest absolute Gasteiger partial charge is 0.274 e. The molecule has 1 amide bonds. The fourth-order valence-corrected chi connectivity index (χ4v) is 3.09. The Morgan fingerprint density at radius 3 is 2.72 bits per heavy atom. The number of nitrogens with zero attached hydrogens (tertiary/aromatic N) is 4. The number of carbonyl (C=O) groups is 1. The number of benzene rings is 1. The van der Waals surface area contributed by atoms with Crippen LogP contribution >= 0.6 is 0 Å². The van der Waals surface area contributed by atoms with E-state index in [1.54, 1.807) is 34.0 Å². The lowest BCUT2D eigenvalue weighted by atomic mass is 9.92. The molecule has 8 heteroatoms. The number of hydrogen-bond donors (Lipinski definition) is 1. The molecule has 8 nitrogen and oxygen atoms in total. The third kappa shape index (κ3) is 3.69. The second kappa shape index (κ2) is 7.02. The minimum Gasteiger partial charge on any atom is -0.337 e. The van der Waals surface area contributed by atoms with E-state index in [2.05, 4.69) is 5.10 Å². The van der Waals surface area contributed by atoms with E-state index in [1.165, 1.54) is 12.1 Å². The summed E-state index contributed by atoms with van der Waals surface area (Å²) >= 11 is 0. The van der Waals surface area contributed by atoms with E-state index in [4.69, 9.17) is 5.73 Å². The number of non-ortho nitro benzene ring substituents is 1. The number of amides is 1. The van der Waals surface area contributed by atoms with Crippen molar-refractivity contribution in [1.82, 2.24) is 14.7 Å². The van der Waals surface area contributed by atoms with Crippen LogP contribution in [0.1, 0.15) is 30.3 Å². The van der Waals surface area contributed by atoms with Gasteiger partial charge in [-0.2, -0.15) is 5.10 Å². The highest BCUT2D eigenvalue weighted by Gasteiger charge is 2.27. The Hall–Kier alpha value is -2.74. The van der Waals surface area contributed by atoms with E-state index in [-0.39, 0.29) is 17.6 Å². The first-order valence-corrected chi connectivity index (χ1v) is 8.31. The summed E-state index contributed by atoms with van der Waals surface area (Å²) in [5.74, 6) is 0.209. The highest BCUT2D eigenvalue weighted by atomic mass is 16.6. The van der Waals surface area contributed by atoms with Gasteiger partial charge in [0.25, 0.3) is 11.6 Å². The highest BCUT2D eigenvalue weighted by molar-refractivity contribution is 5.92. The maximum atomic E-state index is 12.7. The molecular weight excluding hydrogens is 322 g/mol. The molecule has 2 N–H and O–H groups in total. The van der Waals surface area contributed by atoms with Crippen LogP contribution < -0.4 is 5.73 Å². The molecule has 2 heterocycles. The minimum absolute atomic E-state index is 0.0162. The van der Waals surface area contributed by atoms with Crippen molar-refractivity contribution in [3.8, 4) is 5.69 Å². The van der Waals surface area contributed by atoms with Gasteiger partial charge in [0, 0.05) is 37.5 Å². The predicted octanol–water partition coefficient (Wildman–Crippen LogP) is 1.98. The van der Waals surface area contributed by atoms with Crippen molar-refractivity contribution in [2.24, 2.45) is 11.7 Å². The number of piperidine rings is 1. The Morgan fingerprint density at radius 2 is 2.08 bits per heavy atom. The van der Waals surface area contributed by atoms with Gasteiger partial charge in [0.2, 0.25) is 0 Å². The second-order valence-corrected chi connectivity index (χ2v) is 6.43. The van der Waals surface area contributed by atoms with Crippen molar-refractivity contribution in [3.05, 3.63) is 52.3 Å². The third-order valence-corrected chi connectivity index (χ3v) is 4.62. The summed E-state index contributed by atoms with van der Waals surface area (Å²) in [6.07, 6.45) is 3.67. The summed E-state index contributed by atoms with van der Waals surface area (Å²) in [6.45, 7) is 3.34. The van der Waals surface area contributed by atoms with Crippen molar-refractivity contribution < 1.29 is 9.72 Å². The molecule has 3 rings (SSSR count). The normalized spacial score (nSPS) is 18.8. The molecule has 0 bridgehead atoms. The highest BCUT2D eigenvalue weighted by Crippen LogP contribution is 2.21. The van der Waals surface area contributed by atoms with Gasteiger partial charge in [0.1, 0.15) is 0 Å². The maximum absolute atomic E-state index is 12.7. The standard InChI is InChI=1S/C17H21N5O3/c1-12(18)13-3-2-9-20(11-13)17(23)16-8-10-21(19-16)14-4-6-15(7-5-14)22(24)25/h4-8,10,12-13H,2-3,9,11,18H2,1H3. The molecule has 0 saturated carbocycles.